The predicted octanol–water partition coefficient (Wildman–Crippen LogP) is 2.69. The van der Waals surface area contributed by atoms with Crippen LogP contribution in [0.15, 0.2) is 0 Å². The monoisotopic (exact) mass is 336 g/mol. The molecule has 0 atom stereocenters. The summed E-state index contributed by atoms with van der Waals surface area (Å²) in [6.07, 6.45) is 4.23. The summed E-state index contributed by atoms with van der Waals surface area (Å²) in [6.45, 7) is 6.16. The van der Waals surface area contributed by atoms with E-state index in [-0.39, 0.29) is 17.7 Å². The third kappa shape index (κ3) is 3.43. The van der Waals surface area contributed by atoms with Crippen LogP contribution in [0.25, 0.3) is 0 Å². The van der Waals surface area contributed by atoms with Gasteiger partial charge in [0, 0.05) is 23.9 Å². The highest BCUT2D eigenvalue weighted by molar-refractivity contribution is 7.17. The number of morpholine rings is 1. The van der Waals surface area contributed by atoms with Gasteiger partial charge in [-0.15, -0.1) is 11.3 Å². The van der Waals surface area contributed by atoms with Gasteiger partial charge in [0.2, 0.25) is 5.91 Å². The van der Waals surface area contributed by atoms with E-state index in [9.17, 15) is 9.59 Å². The minimum absolute atomic E-state index is 0.0281. The Morgan fingerprint density at radius 2 is 1.87 bits per heavy atom. The SMILES string of the molecule is CC(C)C(=O)Nc1sc2c(c1C(=O)N1CCOCC1)CCCC2. The number of rotatable bonds is 3. The first-order valence-corrected chi connectivity index (χ1v) is 9.22. The summed E-state index contributed by atoms with van der Waals surface area (Å²) in [4.78, 5) is 28.3. The first kappa shape index (κ1) is 16.5. The fourth-order valence-corrected chi connectivity index (χ4v) is 4.35. The second-order valence-corrected chi connectivity index (χ2v) is 7.57. The number of thiophene rings is 1. The normalized spacial score (nSPS) is 18.0. The van der Waals surface area contributed by atoms with E-state index in [0.29, 0.717) is 26.3 Å². The zero-order valence-electron chi connectivity index (χ0n) is 13.8. The average Bonchev–Trinajstić information content (AvgIpc) is 2.92. The largest absolute Gasteiger partial charge is 0.378 e. The lowest BCUT2D eigenvalue weighted by molar-refractivity contribution is -0.118. The Labute approximate surface area is 141 Å². The average molecular weight is 336 g/mol. The van der Waals surface area contributed by atoms with E-state index < -0.39 is 0 Å². The Bertz CT molecular complexity index is 603. The Morgan fingerprint density at radius 1 is 1.17 bits per heavy atom. The van der Waals surface area contributed by atoms with Gasteiger partial charge >= 0.3 is 0 Å². The Hall–Kier alpha value is -1.40. The molecule has 1 aliphatic carbocycles. The van der Waals surface area contributed by atoms with Crippen LogP contribution in [-0.4, -0.2) is 43.0 Å². The molecule has 2 aliphatic rings. The molecule has 0 aromatic carbocycles. The maximum Gasteiger partial charge on any atom is 0.257 e. The highest BCUT2D eigenvalue weighted by atomic mass is 32.1. The van der Waals surface area contributed by atoms with E-state index >= 15 is 0 Å². The van der Waals surface area contributed by atoms with E-state index in [4.69, 9.17) is 4.74 Å². The van der Waals surface area contributed by atoms with E-state index in [1.807, 2.05) is 18.7 Å². The van der Waals surface area contributed by atoms with Gasteiger partial charge in [0.25, 0.3) is 5.91 Å². The number of hydrogen-bond acceptors (Lipinski definition) is 4. The van der Waals surface area contributed by atoms with Crippen LogP contribution in [0.2, 0.25) is 0 Å². The first-order valence-electron chi connectivity index (χ1n) is 8.40. The molecule has 1 aliphatic heterocycles. The van der Waals surface area contributed by atoms with Crippen LogP contribution in [0.5, 0.6) is 0 Å². The Balaban J connectivity index is 1.93. The summed E-state index contributed by atoms with van der Waals surface area (Å²) < 4.78 is 5.35. The van der Waals surface area contributed by atoms with Gasteiger partial charge in [-0.25, -0.2) is 0 Å². The zero-order chi connectivity index (χ0) is 16.4. The van der Waals surface area contributed by atoms with Crippen LogP contribution < -0.4 is 5.32 Å². The summed E-state index contributed by atoms with van der Waals surface area (Å²) in [5, 5.41) is 3.73. The molecule has 1 aromatic heterocycles. The standard InChI is InChI=1S/C17H24N2O3S/c1-11(2)15(20)18-16-14(12-5-3-4-6-13(12)23-16)17(21)19-7-9-22-10-8-19/h11H,3-10H2,1-2H3,(H,18,20). The summed E-state index contributed by atoms with van der Waals surface area (Å²) >= 11 is 1.59. The molecule has 3 rings (SSSR count). The van der Waals surface area contributed by atoms with Gasteiger partial charge in [-0.05, 0) is 31.2 Å². The summed E-state index contributed by atoms with van der Waals surface area (Å²) in [7, 11) is 0. The van der Waals surface area contributed by atoms with Gasteiger partial charge in [-0.3, -0.25) is 9.59 Å². The molecule has 0 saturated carbocycles. The minimum Gasteiger partial charge on any atom is -0.378 e. The smallest absolute Gasteiger partial charge is 0.257 e. The number of hydrogen-bond donors (Lipinski definition) is 1. The first-order chi connectivity index (χ1) is 11.1. The molecule has 0 radical (unpaired) electrons. The van der Waals surface area contributed by atoms with Gasteiger partial charge < -0.3 is 15.0 Å². The number of nitrogens with one attached hydrogen (secondary N) is 1. The van der Waals surface area contributed by atoms with Crippen LogP contribution in [0, 0.1) is 5.92 Å². The second kappa shape index (κ2) is 7.01. The lowest BCUT2D eigenvalue weighted by Crippen LogP contribution is -2.41. The van der Waals surface area contributed by atoms with Crippen molar-refractivity contribution in [2.45, 2.75) is 39.5 Å². The number of fused-ring (bicyclic) bond motifs is 1. The van der Waals surface area contributed by atoms with Crippen molar-refractivity contribution in [1.82, 2.24) is 4.90 Å². The highest BCUT2D eigenvalue weighted by Gasteiger charge is 2.30. The van der Waals surface area contributed by atoms with Crippen LogP contribution in [0.1, 0.15) is 47.5 Å². The van der Waals surface area contributed by atoms with Crippen molar-refractivity contribution in [3.8, 4) is 0 Å². The lowest BCUT2D eigenvalue weighted by atomic mass is 9.95. The van der Waals surface area contributed by atoms with E-state index in [1.54, 1.807) is 11.3 Å². The lowest BCUT2D eigenvalue weighted by Gasteiger charge is -2.27. The van der Waals surface area contributed by atoms with Gasteiger partial charge in [0.05, 0.1) is 18.8 Å². The minimum atomic E-state index is -0.0968. The van der Waals surface area contributed by atoms with Crippen LogP contribution in [0.3, 0.4) is 0 Å². The van der Waals surface area contributed by atoms with E-state index in [0.717, 1.165) is 41.8 Å². The predicted molar refractivity (Wildman–Crippen MR) is 91.2 cm³/mol. The van der Waals surface area contributed by atoms with E-state index in [1.165, 1.54) is 4.88 Å². The highest BCUT2D eigenvalue weighted by Crippen LogP contribution is 2.39. The van der Waals surface area contributed by atoms with Crippen molar-refractivity contribution in [2.75, 3.05) is 31.6 Å². The number of anilines is 1. The van der Waals surface area contributed by atoms with Gasteiger partial charge in [-0.2, -0.15) is 0 Å². The molecule has 2 amide bonds. The van der Waals surface area contributed by atoms with Crippen LogP contribution in [-0.2, 0) is 22.4 Å². The third-order valence-corrected chi connectivity index (χ3v) is 5.65. The van der Waals surface area contributed by atoms with Crippen LogP contribution >= 0.6 is 11.3 Å². The zero-order valence-corrected chi connectivity index (χ0v) is 14.6. The maximum absolute atomic E-state index is 13.0. The quantitative estimate of drug-likeness (QED) is 0.923. The molecule has 0 bridgehead atoms. The van der Waals surface area contributed by atoms with Crippen molar-refractivity contribution >= 4 is 28.2 Å². The van der Waals surface area contributed by atoms with Crippen molar-refractivity contribution in [3.05, 3.63) is 16.0 Å². The molecule has 126 valence electrons. The van der Waals surface area contributed by atoms with Gasteiger partial charge in [0.1, 0.15) is 5.00 Å². The molecule has 2 heterocycles. The fourth-order valence-electron chi connectivity index (χ4n) is 3.06. The molecule has 1 fully saturated rings. The molecule has 0 unspecified atom stereocenters. The molecule has 5 nitrogen and oxygen atoms in total. The molecular weight excluding hydrogens is 312 g/mol. The van der Waals surface area contributed by atoms with Gasteiger partial charge in [-0.1, -0.05) is 13.8 Å². The number of aryl methyl sites for hydroxylation is 1. The third-order valence-electron chi connectivity index (χ3n) is 4.44. The topological polar surface area (TPSA) is 58.6 Å². The van der Waals surface area contributed by atoms with Crippen molar-refractivity contribution in [1.29, 1.82) is 0 Å². The Kier molecular flexibility index (Phi) is 5.02. The van der Waals surface area contributed by atoms with E-state index in [2.05, 4.69) is 5.32 Å². The number of carbonyl (C=O) groups is 2. The number of amides is 2. The number of nitrogens with zero attached hydrogens (tertiary/aromatic N) is 1. The Morgan fingerprint density at radius 3 is 2.57 bits per heavy atom. The summed E-state index contributed by atoms with van der Waals surface area (Å²) in [5.74, 6) is -0.0770. The number of ether oxygens (including phenoxy) is 1. The molecule has 1 N–H and O–H groups in total. The van der Waals surface area contributed by atoms with Gasteiger partial charge in [0.15, 0.2) is 0 Å². The second-order valence-electron chi connectivity index (χ2n) is 6.46. The van der Waals surface area contributed by atoms with Crippen LogP contribution in [0.4, 0.5) is 5.00 Å². The van der Waals surface area contributed by atoms with Crippen molar-refractivity contribution in [3.63, 3.8) is 0 Å². The van der Waals surface area contributed by atoms with Crippen molar-refractivity contribution < 1.29 is 14.3 Å². The van der Waals surface area contributed by atoms with Crippen molar-refractivity contribution in [2.24, 2.45) is 5.92 Å². The molecule has 0 spiro atoms. The molecule has 23 heavy (non-hydrogen) atoms. The maximum atomic E-state index is 13.0. The summed E-state index contributed by atoms with van der Waals surface area (Å²) in [5.41, 5.74) is 1.90. The molecule has 1 saturated heterocycles. The summed E-state index contributed by atoms with van der Waals surface area (Å²) in [6, 6.07) is 0. The molecular formula is C17H24N2O3S. The molecule has 1 aromatic rings. The number of carbonyl (C=O) groups excluding carboxylic acids is 2. The fraction of sp³-hybridized carbons (Fsp3) is 0.647. The molecule has 6 heteroatoms.